The summed E-state index contributed by atoms with van der Waals surface area (Å²) >= 11 is 0. The minimum Gasteiger partial charge on any atom is -0.342 e. The van der Waals surface area contributed by atoms with Gasteiger partial charge in [-0.15, -0.1) is 0 Å². The van der Waals surface area contributed by atoms with Crippen LogP contribution in [0.4, 0.5) is 4.39 Å². The van der Waals surface area contributed by atoms with Crippen LogP contribution in [-0.4, -0.2) is 23.9 Å². The van der Waals surface area contributed by atoms with Crippen LogP contribution in [-0.2, 0) is 11.2 Å². The lowest BCUT2D eigenvalue weighted by Crippen LogP contribution is -2.39. The zero-order chi connectivity index (χ0) is 12.3. The number of halogens is 1. The van der Waals surface area contributed by atoms with Gasteiger partial charge in [-0.2, -0.15) is 0 Å². The van der Waals surface area contributed by atoms with Crippen LogP contribution in [0.25, 0.3) is 0 Å². The summed E-state index contributed by atoms with van der Waals surface area (Å²) in [6.07, 6.45) is 2.68. The number of likely N-dealkylation sites (tertiary alicyclic amines) is 1. The van der Waals surface area contributed by atoms with Crippen molar-refractivity contribution >= 4 is 5.91 Å². The van der Waals surface area contributed by atoms with Gasteiger partial charge in [0, 0.05) is 13.1 Å². The molecule has 1 aromatic carbocycles. The fourth-order valence-corrected chi connectivity index (χ4v) is 2.30. The molecule has 0 saturated carbocycles. The van der Waals surface area contributed by atoms with Gasteiger partial charge in [0.1, 0.15) is 5.82 Å². The molecule has 2 rings (SSSR count). The van der Waals surface area contributed by atoms with Crippen molar-refractivity contribution in [3.63, 3.8) is 0 Å². The zero-order valence-electron chi connectivity index (χ0n) is 10.2. The highest BCUT2D eigenvalue weighted by Crippen LogP contribution is 2.16. The number of hydrogen-bond acceptors (Lipinski definition) is 1. The van der Waals surface area contributed by atoms with Crippen LogP contribution in [0.2, 0.25) is 0 Å². The Morgan fingerprint density at radius 1 is 1.41 bits per heavy atom. The SMILES string of the molecule is C[C@@H]1CCCN(C(=O)Cc2ccc(F)cc2)C1. The van der Waals surface area contributed by atoms with Gasteiger partial charge in [-0.05, 0) is 36.5 Å². The van der Waals surface area contributed by atoms with E-state index in [2.05, 4.69) is 6.92 Å². The van der Waals surface area contributed by atoms with Gasteiger partial charge in [-0.1, -0.05) is 19.1 Å². The van der Waals surface area contributed by atoms with Gasteiger partial charge in [0.2, 0.25) is 5.91 Å². The molecule has 1 atom stereocenters. The third kappa shape index (κ3) is 3.29. The quantitative estimate of drug-likeness (QED) is 0.771. The van der Waals surface area contributed by atoms with Crippen molar-refractivity contribution in [3.8, 4) is 0 Å². The molecule has 0 spiro atoms. The molecule has 1 aliphatic heterocycles. The van der Waals surface area contributed by atoms with E-state index in [9.17, 15) is 9.18 Å². The van der Waals surface area contributed by atoms with Crippen molar-refractivity contribution < 1.29 is 9.18 Å². The van der Waals surface area contributed by atoms with Crippen LogP contribution in [0.5, 0.6) is 0 Å². The van der Waals surface area contributed by atoms with Crippen LogP contribution < -0.4 is 0 Å². The Hall–Kier alpha value is -1.38. The van der Waals surface area contributed by atoms with Crippen molar-refractivity contribution in [1.29, 1.82) is 0 Å². The van der Waals surface area contributed by atoms with Gasteiger partial charge in [-0.3, -0.25) is 4.79 Å². The molecule has 17 heavy (non-hydrogen) atoms. The normalized spacial score (nSPS) is 20.4. The molecule has 2 nitrogen and oxygen atoms in total. The number of piperidine rings is 1. The minimum atomic E-state index is -0.257. The summed E-state index contributed by atoms with van der Waals surface area (Å²) in [5, 5.41) is 0. The number of rotatable bonds is 2. The van der Waals surface area contributed by atoms with Gasteiger partial charge in [-0.25, -0.2) is 4.39 Å². The monoisotopic (exact) mass is 235 g/mol. The molecule has 0 N–H and O–H groups in total. The van der Waals surface area contributed by atoms with E-state index in [-0.39, 0.29) is 11.7 Å². The second kappa shape index (κ2) is 5.30. The summed E-state index contributed by atoms with van der Waals surface area (Å²) in [6, 6.07) is 6.17. The molecule has 0 unspecified atom stereocenters. The second-order valence-corrected chi connectivity index (χ2v) is 4.89. The highest BCUT2D eigenvalue weighted by atomic mass is 19.1. The topological polar surface area (TPSA) is 20.3 Å². The lowest BCUT2D eigenvalue weighted by Gasteiger charge is -2.31. The maximum Gasteiger partial charge on any atom is 0.226 e. The average molecular weight is 235 g/mol. The Labute approximate surface area is 101 Å². The number of hydrogen-bond donors (Lipinski definition) is 0. The molecule has 3 heteroatoms. The van der Waals surface area contributed by atoms with Gasteiger partial charge in [0.15, 0.2) is 0 Å². The van der Waals surface area contributed by atoms with Crippen molar-refractivity contribution in [3.05, 3.63) is 35.6 Å². The number of nitrogens with zero attached hydrogens (tertiary/aromatic N) is 1. The molecule has 0 radical (unpaired) electrons. The first-order chi connectivity index (χ1) is 8.15. The number of benzene rings is 1. The molecule has 0 aliphatic carbocycles. The lowest BCUT2D eigenvalue weighted by molar-refractivity contribution is -0.132. The van der Waals surface area contributed by atoms with Crippen molar-refractivity contribution in [2.45, 2.75) is 26.2 Å². The smallest absolute Gasteiger partial charge is 0.226 e. The van der Waals surface area contributed by atoms with Crippen molar-refractivity contribution in [1.82, 2.24) is 4.90 Å². The van der Waals surface area contributed by atoms with E-state index in [1.165, 1.54) is 18.6 Å². The van der Waals surface area contributed by atoms with Gasteiger partial charge in [0.05, 0.1) is 6.42 Å². The first-order valence-corrected chi connectivity index (χ1v) is 6.17. The lowest BCUT2D eigenvalue weighted by atomic mass is 9.99. The molecule has 0 bridgehead atoms. The van der Waals surface area contributed by atoms with E-state index >= 15 is 0 Å². The second-order valence-electron chi connectivity index (χ2n) is 4.89. The van der Waals surface area contributed by atoms with E-state index in [4.69, 9.17) is 0 Å². The number of carbonyl (C=O) groups excluding carboxylic acids is 1. The number of amides is 1. The van der Waals surface area contributed by atoms with Crippen LogP contribution in [0.1, 0.15) is 25.3 Å². The standard InChI is InChI=1S/C14H18FNO/c1-11-3-2-8-16(10-11)14(17)9-12-4-6-13(15)7-5-12/h4-7,11H,2-3,8-10H2,1H3/t11-/m1/s1. The van der Waals surface area contributed by atoms with Gasteiger partial charge in [0.25, 0.3) is 0 Å². The predicted molar refractivity (Wildman–Crippen MR) is 65.1 cm³/mol. The number of carbonyl (C=O) groups is 1. The summed E-state index contributed by atoms with van der Waals surface area (Å²) < 4.78 is 12.7. The average Bonchev–Trinajstić information content (AvgIpc) is 2.32. The third-order valence-electron chi connectivity index (χ3n) is 3.28. The van der Waals surface area contributed by atoms with Gasteiger partial charge < -0.3 is 4.90 Å². The van der Waals surface area contributed by atoms with Crippen LogP contribution in [0, 0.1) is 11.7 Å². The molecular weight excluding hydrogens is 217 g/mol. The Balaban J connectivity index is 1.94. The molecule has 1 fully saturated rings. The summed E-state index contributed by atoms with van der Waals surface area (Å²) in [7, 11) is 0. The third-order valence-corrected chi connectivity index (χ3v) is 3.28. The molecule has 1 aliphatic rings. The predicted octanol–water partition coefficient (Wildman–Crippen LogP) is 2.63. The Morgan fingerprint density at radius 3 is 2.76 bits per heavy atom. The highest BCUT2D eigenvalue weighted by Gasteiger charge is 2.20. The van der Waals surface area contributed by atoms with E-state index < -0.39 is 0 Å². The highest BCUT2D eigenvalue weighted by molar-refractivity contribution is 5.78. The molecule has 1 saturated heterocycles. The molecule has 1 heterocycles. The minimum absolute atomic E-state index is 0.156. The molecule has 1 aromatic rings. The van der Waals surface area contributed by atoms with Crippen molar-refractivity contribution in [2.24, 2.45) is 5.92 Å². The van der Waals surface area contributed by atoms with E-state index in [0.29, 0.717) is 12.3 Å². The fourth-order valence-electron chi connectivity index (χ4n) is 2.30. The van der Waals surface area contributed by atoms with Gasteiger partial charge >= 0.3 is 0 Å². The first kappa shape index (κ1) is 12.1. The Morgan fingerprint density at radius 2 is 2.12 bits per heavy atom. The van der Waals surface area contributed by atoms with E-state index in [1.54, 1.807) is 12.1 Å². The van der Waals surface area contributed by atoms with Crippen LogP contribution in [0.3, 0.4) is 0 Å². The zero-order valence-corrected chi connectivity index (χ0v) is 10.2. The van der Waals surface area contributed by atoms with Crippen LogP contribution in [0.15, 0.2) is 24.3 Å². The Bertz CT molecular complexity index is 388. The summed E-state index contributed by atoms with van der Waals surface area (Å²) in [6.45, 7) is 3.90. The van der Waals surface area contributed by atoms with E-state index in [1.807, 2.05) is 4.90 Å². The summed E-state index contributed by atoms with van der Waals surface area (Å²) in [4.78, 5) is 14.0. The molecular formula is C14H18FNO. The maximum atomic E-state index is 12.7. The summed E-state index contributed by atoms with van der Waals surface area (Å²) in [5.74, 6) is 0.497. The van der Waals surface area contributed by atoms with Crippen LogP contribution >= 0.6 is 0 Å². The molecule has 1 amide bonds. The van der Waals surface area contributed by atoms with Crippen molar-refractivity contribution in [2.75, 3.05) is 13.1 Å². The fraction of sp³-hybridized carbons (Fsp3) is 0.500. The molecule has 92 valence electrons. The summed E-state index contributed by atoms with van der Waals surface area (Å²) in [5.41, 5.74) is 0.884. The van der Waals surface area contributed by atoms with E-state index in [0.717, 1.165) is 25.1 Å². The molecule has 0 aromatic heterocycles. The Kier molecular flexibility index (Phi) is 3.77. The maximum absolute atomic E-state index is 12.7. The largest absolute Gasteiger partial charge is 0.342 e. The first-order valence-electron chi connectivity index (χ1n) is 6.17.